The van der Waals surface area contributed by atoms with Crippen LogP contribution in [-0.4, -0.2) is 15.5 Å². The van der Waals surface area contributed by atoms with Gasteiger partial charge in [0.15, 0.2) is 0 Å². The summed E-state index contributed by atoms with van der Waals surface area (Å²) in [6.07, 6.45) is 0.782. The predicted octanol–water partition coefficient (Wildman–Crippen LogP) is 3.06. The van der Waals surface area contributed by atoms with Crippen LogP contribution in [0.1, 0.15) is 19.4 Å². The Morgan fingerprint density at radius 1 is 1.29 bits per heavy atom. The molecular weight excluding hydrogens is 244 g/mol. The standard InChI is InChI=1S/C11H15BrO2/c1-11(2,7-12)6-8-3-4-9(13)5-10(8)14/h3-5,13-14H,6-7H2,1-2H3. The molecular formula is C11H15BrO2. The molecule has 0 atom stereocenters. The molecule has 78 valence electrons. The van der Waals surface area contributed by atoms with E-state index in [4.69, 9.17) is 5.11 Å². The number of alkyl halides is 1. The summed E-state index contributed by atoms with van der Waals surface area (Å²) in [6, 6.07) is 4.73. The largest absolute Gasteiger partial charge is 0.508 e. The van der Waals surface area contributed by atoms with Gasteiger partial charge in [-0.2, -0.15) is 0 Å². The van der Waals surface area contributed by atoms with Gasteiger partial charge < -0.3 is 10.2 Å². The van der Waals surface area contributed by atoms with Crippen molar-refractivity contribution in [2.24, 2.45) is 5.41 Å². The van der Waals surface area contributed by atoms with Gasteiger partial charge in [0.25, 0.3) is 0 Å². The van der Waals surface area contributed by atoms with Crippen LogP contribution >= 0.6 is 15.9 Å². The maximum Gasteiger partial charge on any atom is 0.122 e. The van der Waals surface area contributed by atoms with Crippen molar-refractivity contribution in [1.82, 2.24) is 0 Å². The molecule has 0 aliphatic carbocycles. The zero-order chi connectivity index (χ0) is 10.8. The highest BCUT2D eigenvalue weighted by molar-refractivity contribution is 9.09. The van der Waals surface area contributed by atoms with Crippen LogP contribution in [0.5, 0.6) is 11.5 Å². The Morgan fingerprint density at radius 2 is 1.93 bits per heavy atom. The van der Waals surface area contributed by atoms with Crippen LogP contribution in [0.25, 0.3) is 0 Å². The average Bonchev–Trinajstić information content (AvgIpc) is 2.10. The molecule has 0 spiro atoms. The molecule has 0 fully saturated rings. The average molecular weight is 259 g/mol. The molecule has 0 aliphatic heterocycles. The van der Waals surface area contributed by atoms with E-state index in [0.29, 0.717) is 0 Å². The van der Waals surface area contributed by atoms with Gasteiger partial charge in [-0.05, 0) is 23.5 Å². The first-order valence-electron chi connectivity index (χ1n) is 4.51. The van der Waals surface area contributed by atoms with Crippen LogP contribution in [0, 0.1) is 5.41 Å². The van der Waals surface area contributed by atoms with Gasteiger partial charge in [-0.25, -0.2) is 0 Å². The summed E-state index contributed by atoms with van der Waals surface area (Å²) < 4.78 is 0. The summed E-state index contributed by atoms with van der Waals surface area (Å²) in [6.45, 7) is 4.24. The molecule has 0 unspecified atom stereocenters. The molecule has 1 aromatic rings. The first-order chi connectivity index (χ1) is 6.44. The Balaban J connectivity index is 2.87. The van der Waals surface area contributed by atoms with E-state index in [9.17, 15) is 5.11 Å². The fraction of sp³-hybridized carbons (Fsp3) is 0.455. The van der Waals surface area contributed by atoms with E-state index < -0.39 is 0 Å². The molecule has 0 radical (unpaired) electrons. The molecule has 14 heavy (non-hydrogen) atoms. The van der Waals surface area contributed by atoms with E-state index in [0.717, 1.165) is 17.3 Å². The second-order valence-electron chi connectivity index (χ2n) is 4.29. The van der Waals surface area contributed by atoms with E-state index >= 15 is 0 Å². The second kappa shape index (κ2) is 4.22. The molecule has 0 saturated heterocycles. The molecule has 0 saturated carbocycles. The topological polar surface area (TPSA) is 40.5 Å². The zero-order valence-electron chi connectivity index (χ0n) is 8.42. The third-order valence-corrected chi connectivity index (χ3v) is 3.62. The Kier molecular flexibility index (Phi) is 3.43. The molecule has 0 amide bonds. The number of rotatable bonds is 3. The summed E-state index contributed by atoms with van der Waals surface area (Å²) in [7, 11) is 0. The number of hydrogen-bond donors (Lipinski definition) is 2. The van der Waals surface area contributed by atoms with Gasteiger partial charge in [0.2, 0.25) is 0 Å². The fourth-order valence-corrected chi connectivity index (χ4v) is 1.46. The molecule has 1 rings (SSSR count). The highest BCUT2D eigenvalue weighted by Crippen LogP contribution is 2.30. The Bertz CT molecular complexity index is 321. The van der Waals surface area contributed by atoms with Crippen molar-refractivity contribution in [2.45, 2.75) is 20.3 Å². The number of phenolic OH excluding ortho intramolecular Hbond substituents is 2. The van der Waals surface area contributed by atoms with Crippen molar-refractivity contribution in [2.75, 3.05) is 5.33 Å². The summed E-state index contributed by atoms with van der Waals surface area (Å²) >= 11 is 3.44. The number of aromatic hydroxyl groups is 2. The second-order valence-corrected chi connectivity index (χ2v) is 4.85. The number of benzene rings is 1. The third kappa shape index (κ3) is 2.91. The number of hydrogen-bond acceptors (Lipinski definition) is 2. The van der Waals surface area contributed by atoms with E-state index in [1.165, 1.54) is 6.07 Å². The summed E-state index contributed by atoms with van der Waals surface area (Å²) in [4.78, 5) is 0. The van der Waals surface area contributed by atoms with Crippen molar-refractivity contribution in [1.29, 1.82) is 0 Å². The van der Waals surface area contributed by atoms with E-state index in [-0.39, 0.29) is 16.9 Å². The lowest BCUT2D eigenvalue weighted by Crippen LogP contribution is -2.16. The number of phenols is 2. The lowest BCUT2D eigenvalue weighted by Gasteiger charge is -2.21. The maximum absolute atomic E-state index is 9.57. The molecule has 0 heterocycles. The van der Waals surface area contributed by atoms with E-state index in [2.05, 4.69) is 29.8 Å². The van der Waals surface area contributed by atoms with Gasteiger partial charge in [-0.15, -0.1) is 0 Å². The third-order valence-electron chi connectivity index (χ3n) is 2.10. The molecule has 0 aliphatic rings. The van der Waals surface area contributed by atoms with Crippen LogP contribution in [0.15, 0.2) is 18.2 Å². The van der Waals surface area contributed by atoms with Gasteiger partial charge >= 0.3 is 0 Å². The van der Waals surface area contributed by atoms with Crippen LogP contribution in [0.4, 0.5) is 0 Å². The van der Waals surface area contributed by atoms with Gasteiger partial charge in [0, 0.05) is 11.4 Å². The quantitative estimate of drug-likeness (QED) is 0.819. The minimum Gasteiger partial charge on any atom is -0.508 e. The van der Waals surface area contributed by atoms with Crippen molar-refractivity contribution < 1.29 is 10.2 Å². The van der Waals surface area contributed by atoms with Crippen molar-refractivity contribution >= 4 is 15.9 Å². The molecule has 1 aromatic carbocycles. The van der Waals surface area contributed by atoms with E-state index in [1.54, 1.807) is 12.1 Å². The molecule has 2 N–H and O–H groups in total. The highest BCUT2D eigenvalue weighted by Gasteiger charge is 2.18. The predicted molar refractivity (Wildman–Crippen MR) is 61.1 cm³/mol. The van der Waals surface area contributed by atoms with Crippen LogP contribution in [0.3, 0.4) is 0 Å². The Hall–Kier alpha value is -0.700. The lowest BCUT2D eigenvalue weighted by atomic mass is 9.88. The minimum absolute atomic E-state index is 0.0999. The SMILES string of the molecule is CC(C)(CBr)Cc1ccc(O)cc1O. The van der Waals surface area contributed by atoms with Gasteiger partial charge in [-0.3, -0.25) is 0 Å². The van der Waals surface area contributed by atoms with Crippen molar-refractivity contribution in [3.8, 4) is 11.5 Å². The van der Waals surface area contributed by atoms with Crippen LogP contribution in [-0.2, 0) is 6.42 Å². The van der Waals surface area contributed by atoms with Crippen molar-refractivity contribution in [3.63, 3.8) is 0 Å². The maximum atomic E-state index is 9.57. The van der Waals surface area contributed by atoms with Gasteiger partial charge in [0.1, 0.15) is 11.5 Å². The Morgan fingerprint density at radius 3 is 2.43 bits per heavy atom. The molecule has 3 heteroatoms. The Labute approximate surface area is 92.7 Å². The zero-order valence-corrected chi connectivity index (χ0v) is 10.0. The van der Waals surface area contributed by atoms with Crippen LogP contribution in [0.2, 0.25) is 0 Å². The van der Waals surface area contributed by atoms with Crippen LogP contribution < -0.4 is 0 Å². The minimum atomic E-state index is 0.0999. The fourth-order valence-electron chi connectivity index (χ4n) is 1.26. The summed E-state index contributed by atoms with van der Waals surface area (Å²) in [5.41, 5.74) is 0.973. The van der Waals surface area contributed by atoms with Crippen molar-refractivity contribution in [3.05, 3.63) is 23.8 Å². The normalized spacial score (nSPS) is 11.6. The first kappa shape index (κ1) is 11.4. The first-order valence-corrected chi connectivity index (χ1v) is 5.63. The number of halogens is 1. The summed E-state index contributed by atoms with van der Waals surface area (Å²) in [5, 5.41) is 19.6. The molecule has 0 bridgehead atoms. The summed E-state index contributed by atoms with van der Waals surface area (Å²) in [5.74, 6) is 0.266. The highest BCUT2D eigenvalue weighted by atomic mass is 79.9. The monoisotopic (exact) mass is 258 g/mol. The van der Waals surface area contributed by atoms with Gasteiger partial charge in [0.05, 0.1) is 0 Å². The van der Waals surface area contributed by atoms with E-state index in [1.807, 2.05) is 0 Å². The molecule has 2 nitrogen and oxygen atoms in total. The van der Waals surface area contributed by atoms with Gasteiger partial charge in [-0.1, -0.05) is 35.8 Å². The lowest BCUT2D eigenvalue weighted by molar-refractivity contribution is 0.401. The molecule has 0 aromatic heterocycles. The smallest absolute Gasteiger partial charge is 0.122 e.